The number of esters is 1. The van der Waals surface area contributed by atoms with Crippen molar-refractivity contribution in [1.82, 2.24) is 0 Å². The lowest BCUT2D eigenvalue weighted by molar-refractivity contribution is -0.151. The van der Waals surface area contributed by atoms with Gasteiger partial charge in [-0.2, -0.15) is 0 Å². The van der Waals surface area contributed by atoms with E-state index in [1.807, 2.05) is 26.0 Å². The zero-order chi connectivity index (χ0) is 21.4. The van der Waals surface area contributed by atoms with Crippen LogP contribution in [0.1, 0.15) is 66.8 Å². The number of aliphatic carboxylic acids is 1. The minimum atomic E-state index is -0.920. The second kappa shape index (κ2) is 8.53. The van der Waals surface area contributed by atoms with E-state index < -0.39 is 17.8 Å². The maximum atomic E-state index is 13.3. The van der Waals surface area contributed by atoms with Gasteiger partial charge in [0.2, 0.25) is 5.91 Å². The molecule has 6 nitrogen and oxygen atoms in total. The van der Waals surface area contributed by atoms with Crippen LogP contribution in [-0.4, -0.2) is 29.1 Å². The zero-order valence-corrected chi connectivity index (χ0v) is 18.3. The molecule has 0 aliphatic heterocycles. The monoisotopic (exact) mass is 431 g/mol. The summed E-state index contributed by atoms with van der Waals surface area (Å²) >= 11 is 1.45. The van der Waals surface area contributed by atoms with Crippen molar-refractivity contribution in [3.05, 3.63) is 28.2 Å². The Balaban J connectivity index is 1.63. The van der Waals surface area contributed by atoms with Crippen molar-refractivity contribution in [3.63, 3.8) is 0 Å². The van der Waals surface area contributed by atoms with Crippen molar-refractivity contribution in [2.45, 2.75) is 64.9 Å². The van der Waals surface area contributed by atoms with Gasteiger partial charge in [-0.3, -0.25) is 9.59 Å². The van der Waals surface area contributed by atoms with Gasteiger partial charge in [-0.15, -0.1) is 11.3 Å². The topological polar surface area (TPSA) is 92.7 Å². The Labute approximate surface area is 180 Å². The van der Waals surface area contributed by atoms with Gasteiger partial charge in [0, 0.05) is 4.88 Å². The number of anilines is 1. The summed E-state index contributed by atoms with van der Waals surface area (Å²) in [5.41, 5.74) is 1.47. The molecule has 1 heterocycles. The summed E-state index contributed by atoms with van der Waals surface area (Å²) in [5, 5.41) is 13.2. The standard InChI is InChI=1S/C23H29NO5S/c1-3-12(2)29-23(28)19-15-6-4-5-7-16(15)30-21(19)24-20(25)17-13-8-10-14(11-9-13)18(17)22(26)27/h8,10,12-14,17-18H,3-7,9,11H2,1-2H3,(H,24,25)(H,26,27)/t12-,13+,14-,17+,18-/m0/s1. The lowest BCUT2D eigenvalue weighted by Gasteiger charge is -2.41. The van der Waals surface area contributed by atoms with E-state index >= 15 is 0 Å². The number of carbonyl (C=O) groups excluding carboxylic acids is 2. The summed E-state index contributed by atoms with van der Waals surface area (Å²) in [4.78, 5) is 39.3. The maximum absolute atomic E-state index is 13.3. The van der Waals surface area contributed by atoms with Gasteiger partial charge in [-0.05, 0) is 69.3 Å². The first-order valence-corrected chi connectivity index (χ1v) is 11.8. The molecular weight excluding hydrogens is 402 g/mol. The number of nitrogens with one attached hydrogen (secondary N) is 1. The molecule has 1 saturated carbocycles. The Morgan fingerprint density at radius 3 is 2.47 bits per heavy atom. The first kappa shape index (κ1) is 21.1. The van der Waals surface area contributed by atoms with Crippen LogP contribution in [0.25, 0.3) is 0 Å². The second-order valence-electron chi connectivity index (χ2n) is 8.71. The fourth-order valence-electron chi connectivity index (χ4n) is 5.08. The number of amides is 1. The molecule has 0 aromatic carbocycles. The van der Waals surface area contributed by atoms with Crippen molar-refractivity contribution in [2.75, 3.05) is 5.32 Å². The molecule has 0 saturated heterocycles. The molecule has 5 rings (SSSR count). The number of ether oxygens (including phenoxy) is 1. The number of carboxylic acids is 1. The van der Waals surface area contributed by atoms with Crippen LogP contribution in [0.4, 0.5) is 5.00 Å². The van der Waals surface area contributed by atoms with Crippen LogP contribution in [0.15, 0.2) is 12.2 Å². The summed E-state index contributed by atoms with van der Waals surface area (Å²) in [6.07, 6.45) is 9.89. The van der Waals surface area contributed by atoms with Crippen LogP contribution in [0.5, 0.6) is 0 Å². The van der Waals surface area contributed by atoms with E-state index in [9.17, 15) is 19.5 Å². The Kier molecular flexibility index (Phi) is 6.00. The van der Waals surface area contributed by atoms with Crippen LogP contribution in [-0.2, 0) is 27.2 Å². The SMILES string of the molecule is CC[C@H](C)OC(=O)c1c(NC(=O)[C@H]2[C@@H](C(=O)O)[C@H]3C=C[C@@H]2CC3)sc2c1CCCC2. The predicted molar refractivity (Wildman–Crippen MR) is 115 cm³/mol. The molecule has 1 amide bonds. The minimum absolute atomic E-state index is 0.0683. The van der Waals surface area contributed by atoms with E-state index in [0.29, 0.717) is 10.6 Å². The Bertz CT molecular complexity index is 888. The summed E-state index contributed by atoms with van der Waals surface area (Å²) in [6.45, 7) is 3.82. The largest absolute Gasteiger partial charge is 0.481 e. The maximum Gasteiger partial charge on any atom is 0.341 e. The van der Waals surface area contributed by atoms with Crippen molar-refractivity contribution >= 4 is 34.2 Å². The number of carbonyl (C=O) groups is 3. The molecule has 0 spiro atoms. The van der Waals surface area contributed by atoms with Crippen molar-refractivity contribution in [3.8, 4) is 0 Å². The Morgan fingerprint density at radius 1 is 1.17 bits per heavy atom. The molecule has 4 aliphatic rings. The highest BCUT2D eigenvalue weighted by molar-refractivity contribution is 7.17. The molecule has 1 fully saturated rings. The van der Waals surface area contributed by atoms with Gasteiger partial charge in [-0.1, -0.05) is 19.1 Å². The van der Waals surface area contributed by atoms with Gasteiger partial charge < -0.3 is 15.2 Å². The molecule has 0 unspecified atom stereocenters. The van der Waals surface area contributed by atoms with Gasteiger partial charge in [0.25, 0.3) is 0 Å². The predicted octanol–water partition coefficient (Wildman–Crippen LogP) is 4.43. The second-order valence-corrected chi connectivity index (χ2v) is 9.81. The Hall–Kier alpha value is -2.15. The van der Waals surface area contributed by atoms with Crippen LogP contribution in [0.3, 0.4) is 0 Å². The van der Waals surface area contributed by atoms with Crippen LogP contribution in [0, 0.1) is 23.7 Å². The number of rotatable bonds is 6. The molecule has 4 aliphatic carbocycles. The summed E-state index contributed by atoms with van der Waals surface area (Å²) in [7, 11) is 0. The number of thiophene rings is 1. The fraction of sp³-hybridized carbons (Fsp3) is 0.609. The molecule has 2 bridgehead atoms. The van der Waals surface area contributed by atoms with Crippen LogP contribution in [0.2, 0.25) is 0 Å². The van der Waals surface area contributed by atoms with E-state index in [-0.39, 0.29) is 29.8 Å². The third kappa shape index (κ3) is 3.80. The van der Waals surface area contributed by atoms with Gasteiger partial charge in [0.15, 0.2) is 0 Å². The van der Waals surface area contributed by atoms with Crippen molar-refractivity contribution in [1.29, 1.82) is 0 Å². The molecule has 0 radical (unpaired) electrons. The molecule has 162 valence electrons. The van der Waals surface area contributed by atoms with E-state index in [1.165, 1.54) is 11.3 Å². The quantitative estimate of drug-likeness (QED) is 0.513. The van der Waals surface area contributed by atoms with Crippen molar-refractivity contribution in [2.24, 2.45) is 23.7 Å². The zero-order valence-electron chi connectivity index (χ0n) is 17.5. The van der Waals surface area contributed by atoms with Gasteiger partial charge in [-0.25, -0.2) is 4.79 Å². The minimum Gasteiger partial charge on any atom is -0.481 e. The normalized spacial score (nSPS) is 27.9. The Morgan fingerprint density at radius 2 is 1.83 bits per heavy atom. The van der Waals surface area contributed by atoms with Gasteiger partial charge in [0.1, 0.15) is 5.00 Å². The van der Waals surface area contributed by atoms with E-state index in [2.05, 4.69) is 5.32 Å². The summed E-state index contributed by atoms with van der Waals surface area (Å²) < 4.78 is 5.60. The molecule has 5 atom stereocenters. The van der Waals surface area contributed by atoms with Gasteiger partial charge >= 0.3 is 11.9 Å². The average molecular weight is 432 g/mol. The van der Waals surface area contributed by atoms with E-state index in [0.717, 1.165) is 55.4 Å². The van der Waals surface area contributed by atoms with Crippen LogP contribution < -0.4 is 5.32 Å². The molecule has 7 heteroatoms. The molecule has 30 heavy (non-hydrogen) atoms. The van der Waals surface area contributed by atoms with E-state index in [1.54, 1.807) is 0 Å². The average Bonchev–Trinajstić information content (AvgIpc) is 3.11. The summed E-state index contributed by atoms with van der Waals surface area (Å²) in [6, 6.07) is 0. The number of carboxylic acid groups (broad SMARTS) is 1. The van der Waals surface area contributed by atoms with Gasteiger partial charge in [0.05, 0.1) is 23.5 Å². The highest BCUT2D eigenvalue weighted by Crippen LogP contribution is 2.46. The number of aryl methyl sites for hydroxylation is 1. The third-order valence-electron chi connectivity index (χ3n) is 6.83. The van der Waals surface area contributed by atoms with E-state index in [4.69, 9.17) is 4.74 Å². The smallest absolute Gasteiger partial charge is 0.341 e. The lowest BCUT2D eigenvalue weighted by Crippen LogP contribution is -2.47. The number of hydrogen-bond donors (Lipinski definition) is 2. The number of allylic oxidation sites excluding steroid dienone is 2. The van der Waals surface area contributed by atoms with Crippen molar-refractivity contribution < 1.29 is 24.2 Å². The fourth-order valence-corrected chi connectivity index (χ4v) is 6.36. The lowest BCUT2D eigenvalue weighted by atomic mass is 9.62. The molecule has 2 N–H and O–H groups in total. The van der Waals surface area contributed by atoms with Crippen LogP contribution >= 0.6 is 11.3 Å². The molecule has 1 aromatic heterocycles. The highest BCUT2D eigenvalue weighted by atomic mass is 32.1. The summed E-state index contributed by atoms with van der Waals surface area (Å²) in [5.74, 6) is -3.09. The molecule has 1 aromatic rings. The highest BCUT2D eigenvalue weighted by Gasteiger charge is 2.48. The first-order valence-electron chi connectivity index (χ1n) is 11.0. The number of fused-ring (bicyclic) bond motifs is 3. The number of hydrogen-bond acceptors (Lipinski definition) is 5. The molecular formula is C23H29NO5S. The third-order valence-corrected chi connectivity index (χ3v) is 8.04. The first-order chi connectivity index (χ1) is 14.4.